The first-order valence-corrected chi connectivity index (χ1v) is 6.98. The summed E-state index contributed by atoms with van der Waals surface area (Å²) in [6.07, 6.45) is 1.58. The highest BCUT2D eigenvalue weighted by Gasteiger charge is 2.11. The molecular weight excluding hydrogens is 294 g/mol. The van der Waals surface area contributed by atoms with Crippen molar-refractivity contribution in [2.24, 2.45) is 5.84 Å². The summed E-state index contributed by atoms with van der Waals surface area (Å²) >= 11 is 7.23. The van der Waals surface area contributed by atoms with Gasteiger partial charge in [0.25, 0.3) is 0 Å². The maximum absolute atomic E-state index is 5.90. The summed E-state index contributed by atoms with van der Waals surface area (Å²) < 4.78 is 0.593. The van der Waals surface area contributed by atoms with Gasteiger partial charge in [0, 0.05) is 11.6 Å². The third-order valence-corrected chi connectivity index (χ3v) is 3.72. The largest absolute Gasteiger partial charge is 0.308 e. The van der Waals surface area contributed by atoms with E-state index in [1.165, 1.54) is 11.3 Å². The van der Waals surface area contributed by atoms with Crippen LogP contribution < -0.4 is 11.3 Å². The number of nitrogens with zero attached hydrogens (tertiary/aromatic N) is 3. The van der Waals surface area contributed by atoms with Gasteiger partial charge in [-0.2, -0.15) is 0 Å². The predicted octanol–water partition coefficient (Wildman–Crippen LogP) is 3.21. The zero-order valence-corrected chi connectivity index (χ0v) is 11.8. The zero-order chi connectivity index (χ0) is 13.9. The van der Waals surface area contributed by atoms with E-state index in [4.69, 9.17) is 17.4 Å². The van der Waals surface area contributed by atoms with Crippen molar-refractivity contribution in [3.8, 4) is 22.1 Å². The number of hydrazine groups is 1. The number of thiazole rings is 1. The molecule has 3 rings (SSSR count). The Bertz CT molecular complexity index is 729. The molecule has 5 nitrogen and oxygen atoms in total. The fourth-order valence-corrected chi connectivity index (χ4v) is 2.58. The Morgan fingerprint density at radius 2 is 1.95 bits per heavy atom. The van der Waals surface area contributed by atoms with Crippen LogP contribution in [-0.4, -0.2) is 15.0 Å². The highest BCUT2D eigenvalue weighted by Crippen LogP contribution is 2.28. The van der Waals surface area contributed by atoms with Gasteiger partial charge in [-0.25, -0.2) is 20.8 Å². The van der Waals surface area contributed by atoms with Gasteiger partial charge in [-0.15, -0.1) is 0 Å². The maximum Gasteiger partial charge on any atom is 0.191 e. The first-order valence-electron chi connectivity index (χ1n) is 5.79. The van der Waals surface area contributed by atoms with Gasteiger partial charge < -0.3 is 5.43 Å². The molecule has 2 heterocycles. The Labute approximate surface area is 124 Å². The molecule has 0 bridgehead atoms. The second-order valence-corrected chi connectivity index (χ2v) is 5.60. The molecule has 0 aliphatic carbocycles. The van der Waals surface area contributed by atoms with E-state index in [9.17, 15) is 0 Å². The topological polar surface area (TPSA) is 76.7 Å². The van der Waals surface area contributed by atoms with Crippen molar-refractivity contribution >= 4 is 28.8 Å². The van der Waals surface area contributed by atoms with E-state index in [-0.39, 0.29) is 0 Å². The molecule has 0 saturated heterocycles. The molecule has 0 saturated carbocycles. The van der Waals surface area contributed by atoms with Gasteiger partial charge in [-0.05, 0) is 0 Å². The number of anilines is 1. The van der Waals surface area contributed by atoms with E-state index in [1.54, 1.807) is 12.3 Å². The molecule has 0 radical (unpaired) electrons. The molecule has 0 aliphatic rings. The summed E-state index contributed by atoms with van der Waals surface area (Å²) in [5, 5.41) is 0.657. The lowest BCUT2D eigenvalue weighted by atomic mass is 10.1. The maximum atomic E-state index is 5.90. The third-order valence-electron chi connectivity index (χ3n) is 2.61. The summed E-state index contributed by atoms with van der Waals surface area (Å²) in [5.41, 5.74) is 4.30. The van der Waals surface area contributed by atoms with Crippen LogP contribution in [-0.2, 0) is 0 Å². The van der Waals surface area contributed by atoms with Crippen LogP contribution in [0, 0.1) is 0 Å². The van der Waals surface area contributed by atoms with Crippen molar-refractivity contribution in [1.82, 2.24) is 15.0 Å². The normalized spacial score (nSPS) is 10.5. The number of rotatable bonds is 3. The summed E-state index contributed by atoms with van der Waals surface area (Å²) in [4.78, 5) is 13.0. The molecule has 2 aromatic heterocycles. The van der Waals surface area contributed by atoms with Crippen LogP contribution in [0.5, 0.6) is 0 Å². The first kappa shape index (κ1) is 13.0. The van der Waals surface area contributed by atoms with Crippen molar-refractivity contribution < 1.29 is 0 Å². The minimum Gasteiger partial charge on any atom is -0.308 e. The second kappa shape index (κ2) is 5.54. The van der Waals surface area contributed by atoms with Gasteiger partial charge >= 0.3 is 0 Å². The van der Waals surface area contributed by atoms with E-state index >= 15 is 0 Å². The van der Waals surface area contributed by atoms with Crippen LogP contribution in [0.3, 0.4) is 0 Å². The summed E-state index contributed by atoms with van der Waals surface area (Å²) in [6, 6.07) is 11.6. The number of aromatic nitrogens is 3. The molecule has 0 aliphatic heterocycles. The first-order chi connectivity index (χ1) is 9.76. The van der Waals surface area contributed by atoms with Gasteiger partial charge in [0.15, 0.2) is 10.8 Å². The quantitative estimate of drug-likeness (QED) is 0.574. The van der Waals surface area contributed by atoms with Crippen molar-refractivity contribution in [1.29, 1.82) is 0 Å². The average molecular weight is 304 g/mol. The molecular formula is C13H10ClN5S. The minimum atomic E-state index is 0.496. The smallest absolute Gasteiger partial charge is 0.191 e. The molecule has 3 N–H and O–H groups in total. The molecule has 1 aromatic carbocycles. The summed E-state index contributed by atoms with van der Waals surface area (Å²) in [6.45, 7) is 0. The molecule has 0 spiro atoms. The Morgan fingerprint density at radius 3 is 2.60 bits per heavy atom. The van der Waals surface area contributed by atoms with E-state index in [2.05, 4.69) is 20.4 Å². The highest BCUT2D eigenvalue weighted by molar-refractivity contribution is 7.18. The number of halogens is 1. The lowest BCUT2D eigenvalue weighted by molar-refractivity contribution is 1.14. The van der Waals surface area contributed by atoms with Crippen LogP contribution in [0.1, 0.15) is 0 Å². The Kier molecular flexibility index (Phi) is 3.60. The number of nitrogens with one attached hydrogen (secondary N) is 1. The third kappa shape index (κ3) is 2.62. The number of nitrogens with two attached hydrogens (primary N) is 1. The lowest BCUT2D eigenvalue weighted by Gasteiger charge is -2.06. The molecule has 3 aromatic rings. The van der Waals surface area contributed by atoms with Gasteiger partial charge in [-0.1, -0.05) is 53.3 Å². The van der Waals surface area contributed by atoms with Crippen LogP contribution in [0.4, 0.5) is 5.82 Å². The van der Waals surface area contributed by atoms with Crippen LogP contribution >= 0.6 is 22.9 Å². The predicted molar refractivity (Wildman–Crippen MR) is 81.4 cm³/mol. The van der Waals surface area contributed by atoms with Crippen molar-refractivity contribution in [2.45, 2.75) is 0 Å². The Hall–Kier alpha value is -2.02. The molecule has 0 atom stereocenters. The molecule has 7 heteroatoms. The fraction of sp³-hybridized carbons (Fsp3) is 0. The average Bonchev–Trinajstić information content (AvgIpc) is 2.94. The van der Waals surface area contributed by atoms with Gasteiger partial charge in [0.2, 0.25) is 0 Å². The number of nitrogen functional groups attached to an aromatic ring is 1. The number of hydrogen-bond donors (Lipinski definition) is 2. The number of benzene rings is 1. The van der Waals surface area contributed by atoms with Crippen molar-refractivity contribution in [2.75, 3.05) is 5.43 Å². The Morgan fingerprint density at radius 1 is 1.15 bits per heavy atom. The van der Waals surface area contributed by atoms with E-state index < -0.39 is 0 Å². The summed E-state index contributed by atoms with van der Waals surface area (Å²) in [7, 11) is 0. The van der Waals surface area contributed by atoms with Crippen LogP contribution in [0.15, 0.2) is 42.6 Å². The summed E-state index contributed by atoms with van der Waals surface area (Å²) in [5.74, 6) is 6.49. The van der Waals surface area contributed by atoms with Crippen molar-refractivity contribution in [3.63, 3.8) is 0 Å². The van der Waals surface area contributed by atoms with Gasteiger partial charge in [0.05, 0.1) is 11.9 Å². The molecule has 0 fully saturated rings. The SMILES string of the molecule is NNc1cc(-c2ccccc2)nc(-c2ncc(Cl)s2)n1. The van der Waals surface area contributed by atoms with E-state index in [0.29, 0.717) is 21.0 Å². The molecule has 0 amide bonds. The van der Waals surface area contributed by atoms with E-state index in [1.807, 2.05) is 30.3 Å². The van der Waals surface area contributed by atoms with Crippen LogP contribution in [0.25, 0.3) is 22.1 Å². The van der Waals surface area contributed by atoms with Gasteiger partial charge in [-0.3, -0.25) is 0 Å². The number of hydrogen-bond acceptors (Lipinski definition) is 6. The molecule has 100 valence electrons. The van der Waals surface area contributed by atoms with Crippen LogP contribution in [0.2, 0.25) is 4.34 Å². The van der Waals surface area contributed by atoms with E-state index in [0.717, 1.165) is 11.3 Å². The van der Waals surface area contributed by atoms with Crippen molar-refractivity contribution in [3.05, 3.63) is 46.9 Å². The molecule has 0 unspecified atom stereocenters. The highest BCUT2D eigenvalue weighted by atomic mass is 35.5. The van der Waals surface area contributed by atoms with Gasteiger partial charge in [0.1, 0.15) is 10.2 Å². The zero-order valence-electron chi connectivity index (χ0n) is 10.2. The molecule has 20 heavy (non-hydrogen) atoms. The fourth-order valence-electron chi connectivity index (χ4n) is 1.73. The Balaban J connectivity index is 2.12. The monoisotopic (exact) mass is 303 g/mol. The lowest BCUT2D eigenvalue weighted by Crippen LogP contribution is -2.09. The standard InChI is InChI=1S/C13H10ClN5S/c14-10-7-16-13(20-10)12-17-9(6-11(18-12)19-15)8-4-2-1-3-5-8/h1-7H,15H2,(H,17,18,19). The second-order valence-electron chi connectivity index (χ2n) is 3.94. The minimum absolute atomic E-state index is 0.496.